The van der Waals surface area contributed by atoms with Crippen LogP contribution < -0.4 is 0 Å². The quantitative estimate of drug-likeness (QED) is 0.734. The molecule has 1 amide bonds. The van der Waals surface area contributed by atoms with Gasteiger partial charge in [-0.25, -0.2) is 13.2 Å². The highest BCUT2D eigenvalue weighted by Crippen LogP contribution is 2.20. The maximum atomic E-state index is 13.1. The minimum absolute atomic E-state index is 0.232. The van der Waals surface area contributed by atoms with Crippen molar-refractivity contribution in [3.63, 3.8) is 0 Å². The SMILES string of the molecule is N#CC1CCCN(C(=O)c2cc(F)c(F)c(F)c2)C1. The highest BCUT2D eigenvalue weighted by Gasteiger charge is 2.25. The van der Waals surface area contributed by atoms with E-state index in [4.69, 9.17) is 5.26 Å². The monoisotopic (exact) mass is 268 g/mol. The van der Waals surface area contributed by atoms with E-state index in [1.165, 1.54) is 4.90 Å². The molecular formula is C13H11F3N2O. The van der Waals surface area contributed by atoms with Gasteiger partial charge in [0.05, 0.1) is 12.0 Å². The fraction of sp³-hybridized carbons (Fsp3) is 0.385. The zero-order valence-corrected chi connectivity index (χ0v) is 10.00. The Morgan fingerprint density at radius 3 is 2.53 bits per heavy atom. The Balaban J connectivity index is 2.22. The molecule has 1 aliphatic rings. The first-order chi connectivity index (χ1) is 9.02. The van der Waals surface area contributed by atoms with Gasteiger partial charge in [-0.2, -0.15) is 5.26 Å². The molecular weight excluding hydrogens is 257 g/mol. The Labute approximate surface area is 108 Å². The number of carbonyl (C=O) groups excluding carboxylic acids is 1. The first-order valence-corrected chi connectivity index (χ1v) is 5.86. The summed E-state index contributed by atoms with van der Waals surface area (Å²) in [5, 5.41) is 8.83. The van der Waals surface area contributed by atoms with Crippen LogP contribution in [-0.2, 0) is 0 Å². The van der Waals surface area contributed by atoms with Gasteiger partial charge in [-0.1, -0.05) is 0 Å². The number of benzene rings is 1. The van der Waals surface area contributed by atoms with Crippen molar-refractivity contribution >= 4 is 5.91 Å². The minimum Gasteiger partial charge on any atom is -0.337 e. The molecule has 100 valence electrons. The van der Waals surface area contributed by atoms with Crippen molar-refractivity contribution in [2.45, 2.75) is 12.8 Å². The Hall–Kier alpha value is -2.03. The van der Waals surface area contributed by atoms with Gasteiger partial charge in [0, 0.05) is 18.7 Å². The molecule has 1 saturated heterocycles. The van der Waals surface area contributed by atoms with E-state index in [9.17, 15) is 18.0 Å². The summed E-state index contributed by atoms with van der Waals surface area (Å²) in [6.07, 6.45) is 1.36. The molecule has 19 heavy (non-hydrogen) atoms. The Kier molecular flexibility index (Phi) is 3.74. The van der Waals surface area contributed by atoms with Crippen LogP contribution in [0, 0.1) is 34.7 Å². The normalized spacial score (nSPS) is 19.1. The number of nitriles is 1. The van der Waals surface area contributed by atoms with Crippen molar-refractivity contribution in [2.24, 2.45) is 5.92 Å². The molecule has 0 spiro atoms. The van der Waals surface area contributed by atoms with E-state index in [1.807, 2.05) is 0 Å². The van der Waals surface area contributed by atoms with Crippen LogP contribution >= 0.6 is 0 Å². The third-order valence-electron chi connectivity index (χ3n) is 3.12. The van der Waals surface area contributed by atoms with Crippen LogP contribution in [0.2, 0.25) is 0 Å². The first kappa shape index (κ1) is 13.4. The van der Waals surface area contributed by atoms with Crippen molar-refractivity contribution in [1.29, 1.82) is 5.26 Å². The summed E-state index contributed by atoms with van der Waals surface area (Å²) < 4.78 is 39.0. The van der Waals surface area contributed by atoms with E-state index in [1.54, 1.807) is 0 Å². The number of carbonyl (C=O) groups is 1. The summed E-state index contributed by atoms with van der Waals surface area (Å²) in [7, 11) is 0. The average Bonchev–Trinajstić information content (AvgIpc) is 2.43. The van der Waals surface area contributed by atoms with Crippen LogP contribution in [0.1, 0.15) is 23.2 Å². The van der Waals surface area contributed by atoms with E-state index in [0.29, 0.717) is 31.5 Å². The highest BCUT2D eigenvalue weighted by atomic mass is 19.2. The largest absolute Gasteiger partial charge is 0.337 e. The fourth-order valence-corrected chi connectivity index (χ4v) is 2.13. The summed E-state index contributed by atoms with van der Waals surface area (Å²) in [4.78, 5) is 13.4. The topological polar surface area (TPSA) is 44.1 Å². The highest BCUT2D eigenvalue weighted by molar-refractivity contribution is 5.94. The van der Waals surface area contributed by atoms with Crippen LogP contribution in [0.15, 0.2) is 12.1 Å². The fourth-order valence-electron chi connectivity index (χ4n) is 2.13. The van der Waals surface area contributed by atoms with Gasteiger partial charge < -0.3 is 4.90 Å². The zero-order chi connectivity index (χ0) is 14.0. The molecule has 1 aromatic rings. The number of piperidine rings is 1. The van der Waals surface area contributed by atoms with Crippen LogP contribution in [0.5, 0.6) is 0 Å². The van der Waals surface area contributed by atoms with Gasteiger partial charge in [0.1, 0.15) is 0 Å². The number of amides is 1. The molecule has 0 bridgehead atoms. The van der Waals surface area contributed by atoms with E-state index in [-0.39, 0.29) is 18.0 Å². The van der Waals surface area contributed by atoms with Crippen molar-refractivity contribution in [3.8, 4) is 6.07 Å². The minimum atomic E-state index is -1.59. The lowest BCUT2D eigenvalue weighted by Gasteiger charge is -2.29. The lowest BCUT2D eigenvalue weighted by atomic mass is 9.99. The zero-order valence-electron chi connectivity index (χ0n) is 10.00. The molecule has 0 aromatic heterocycles. The Morgan fingerprint density at radius 1 is 1.32 bits per heavy atom. The number of nitrogens with zero attached hydrogens (tertiary/aromatic N) is 2. The number of hydrogen-bond acceptors (Lipinski definition) is 2. The molecule has 0 saturated carbocycles. The number of likely N-dealkylation sites (tertiary alicyclic amines) is 1. The van der Waals surface area contributed by atoms with Gasteiger partial charge in [0.2, 0.25) is 0 Å². The van der Waals surface area contributed by atoms with E-state index < -0.39 is 23.4 Å². The van der Waals surface area contributed by atoms with Crippen molar-refractivity contribution in [3.05, 3.63) is 35.1 Å². The summed E-state index contributed by atoms with van der Waals surface area (Å²) in [6, 6.07) is 3.42. The van der Waals surface area contributed by atoms with E-state index in [2.05, 4.69) is 6.07 Å². The van der Waals surface area contributed by atoms with Crippen LogP contribution in [-0.4, -0.2) is 23.9 Å². The van der Waals surface area contributed by atoms with Gasteiger partial charge in [0.25, 0.3) is 5.91 Å². The van der Waals surface area contributed by atoms with Crippen LogP contribution in [0.3, 0.4) is 0 Å². The second-order valence-corrected chi connectivity index (χ2v) is 4.47. The molecule has 0 aliphatic carbocycles. The average molecular weight is 268 g/mol. The molecule has 1 unspecified atom stereocenters. The standard InChI is InChI=1S/C13H11F3N2O/c14-10-4-9(5-11(15)12(10)16)13(19)18-3-1-2-8(6-17)7-18/h4-5,8H,1-3,7H2. The maximum absolute atomic E-state index is 13.1. The predicted octanol–water partition coefficient (Wildman–Crippen LogP) is 2.48. The number of hydrogen-bond donors (Lipinski definition) is 0. The molecule has 0 N–H and O–H groups in total. The molecule has 1 fully saturated rings. The molecule has 1 aromatic carbocycles. The third-order valence-corrected chi connectivity index (χ3v) is 3.12. The Bertz CT molecular complexity index is 530. The van der Waals surface area contributed by atoms with Crippen molar-refractivity contribution in [1.82, 2.24) is 4.90 Å². The summed E-state index contributed by atoms with van der Waals surface area (Å²) >= 11 is 0. The summed E-state index contributed by atoms with van der Waals surface area (Å²) in [5.74, 6) is -5.23. The second kappa shape index (κ2) is 5.31. The molecule has 3 nitrogen and oxygen atoms in total. The molecule has 1 aliphatic heterocycles. The number of rotatable bonds is 1. The van der Waals surface area contributed by atoms with E-state index in [0.717, 1.165) is 0 Å². The lowest BCUT2D eigenvalue weighted by molar-refractivity contribution is 0.0697. The Morgan fingerprint density at radius 2 is 1.95 bits per heavy atom. The van der Waals surface area contributed by atoms with Gasteiger partial charge in [-0.3, -0.25) is 4.79 Å². The van der Waals surface area contributed by atoms with Gasteiger partial charge in [0.15, 0.2) is 17.5 Å². The van der Waals surface area contributed by atoms with Gasteiger partial charge >= 0.3 is 0 Å². The first-order valence-electron chi connectivity index (χ1n) is 5.86. The molecule has 1 heterocycles. The summed E-state index contributed by atoms with van der Waals surface area (Å²) in [5.41, 5.74) is -0.241. The van der Waals surface area contributed by atoms with Crippen molar-refractivity contribution in [2.75, 3.05) is 13.1 Å². The van der Waals surface area contributed by atoms with Gasteiger partial charge in [-0.05, 0) is 25.0 Å². The molecule has 6 heteroatoms. The molecule has 0 radical (unpaired) electrons. The van der Waals surface area contributed by atoms with Gasteiger partial charge in [-0.15, -0.1) is 0 Å². The summed E-state index contributed by atoms with van der Waals surface area (Å²) in [6.45, 7) is 0.660. The van der Waals surface area contributed by atoms with Crippen LogP contribution in [0.4, 0.5) is 13.2 Å². The number of halogens is 3. The van der Waals surface area contributed by atoms with Crippen molar-refractivity contribution < 1.29 is 18.0 Å². The third kappa shape index (κ3) is 2.70. The predicted molar refractivity (Wildman–Crippen MR) is 60.6 cm³/mol. The van der Waals surface area contributed by atoms with E-state index >= 15 is 0 Å². The van der Waals surface area contributed by atoms with Crippen LogP contribution in [0.25, 0.3) is 0 Å². The molecule has 2 rings (SSSR count). The lowest BCUT2D eigenvalue weighted by Crippen LogP contribution is -2.39. The maximum Gasteiger partial charge on any atom is 0.254 e. The second-order valence-electron chi connectivity index (χ2n) is 4.47. The molecule has 1 atom stereocenters. The smallest absolute Gasteiger partial charge is 0.254 e.